The molecule has 1 atom stereocenters. The van der Waals surface area contributed by atoms with Gasteiger partial charge in [-0.3, -0.25) is 9.69 Å². The third-order valence-electron chi connectivity index (χ3n) is 5.12. The summed E-state index contributed by atoms with van der Waals surface area (Å²) in [5.74, 6) is 0.391. The summed E-state index contributed by atoms with van der Waals surface area (Å²) >= 11 is 0. The van der Waals surface area contributed by atoms with Crippen LogP contribution in [0.1, 0.15) is 60.9 Å². The predicted molar refractivity (Wildman–Crippen MR) is 112 cm³/mol. The van der Waals surface area contributed by atoms with E-state index >= 15 is 0 Å². The van der Waals surface area contributed by atoms with Crippen molar-refractivity contribution in [2.75, 3.05) is 25.4 Å². The molecule has 2 heterocycles. The zero-order valence-corrected chi connectivity index (χ0v) is 16.9. The number of hydrogen-bond acceptors (Lipinski definition) is 5. The Morgan fingerprint density at radius 1 is 1.14 bits per heavy atom. The van der Waals surface area contributed by atoms with Gasteiger partial charge < -0.3 is 11.1 Å². The Bertz CT molecular complexity index is 772. The van der Waals surface area contributed by atoms with Crippen LogP contribution in [-0.2, 0) is 6.42 Å². The molecule has 3 rings (SSSR count). The summed E-state index contributed by atoms with van der Waals surface area (Å²) in [6.07, 6.45) is 4.47. The van der Waals surface area contributed by atoms with E-state index in [0.29, 0.717) is 18.2 Å². The van der Waals surface area contributed by atoms with Gasteiger partial charge in [0.15, 0.2) is 0 Å². The number of nitrogen functional groups attached to an aromatic ring is 1. The molecule has 0 bridgehead atoms. The zero-order chi connectivity index (χ0) is 19.9. The van der Waals surface area contributed by atoms with Gasteiger partial charge in [-0.15, -0.1) is 0 Å². The minimum Gasteiger partial charge on any atom is -0.368 e. The van der Waals surface area contributed by atoms with Gasteiger partial charge >= 0.3 is 0 Å². The van der Waals surface area contributed by atoms with Crippen LogP contribution in [0.25, 0.3) is 0 Å². The molecule has 3 N–H and O–H groups in total. The van der Waals surface area contributed by atoms with E-state index in [9.17, 15) is 4.79 Å². The van der Waals surface area contributed by atoms with Crippen LogP contribution in [0, 0.1) is 5.92 Å². The molecule has 150 valence electrons. The number of nitrogens with zero attached hydrogens (tertiary/aromatic N) is 3. The van der Waals surface area contributed by atoms with Crippen molar-refractivity contribution in [2.24, 2.45) is 5.92 Å². The predicted octanol–water partition coefficient (Wildman–Crippen LogP) is 3.21. The van der Waals surface area contributed by atoms with Crippen molar-refractivity contribution < 1.29 is 4.79 Å². The summed E-state index contributed by atoms with van der Waals surface area (Å²) in [4.78, 5) is 23.6. The van der Waals surface area contributed by atoms with E-state index in [4.69, 9.17) is 5.73 Å². The number of hydrogen-bond donors (Lipinski definition) is 2. The fourth-order valence-corrected chi connectivity index (χ4v) is 3.80. The Morgan fingerprint density at radius 2 is 1.86 bits per heavy atom. The first-order chi connectivity index (χ1) is 13.5. The van der Waals surface area contributed by atoms with Crippen molar-refractivity contribution in [2.45, 2.75) is 45.6 Å². The molecular weight excluding hydrogens is 350 g/mol. The van der Waals surface area contributed by atoms with Crippen molar-refractivity contribution in [3.8, 4) is 0 Å². The van der Waals surface area contributed by atoms with Crippen LogP contribution in [-0.4, -0.2) is 40.4 Å². The molecule has 6 nitrogen and oxygen atoms in total. The number of anilines is 1. The topological polar surface area (TPSA) is 84.1 Å². The van der Waals surface area contributed by atoms with Crippen molar-refractivity contribution in [1.29, 1.82) is 0 Å². The van der Waals surface area contributed by atoms with Crippen molar-refractivity contribution >= 4 is 11.9 Å². The van der Waals surface area contributed by atoms with Crippen LogP contribution >= 0.6 is 0 Å². The number of likely N-dealkylation sites (tertiary alicyclic amines) is 1. The summed E-state index contributed by atoms with van der Waals surface area (Å²) in [6, 6.07) is 12.3. The second kappa shape index (κ2) is 9.64. The second-order valence-corrected chi connectivity index (χ2v) is 7.93. The zero-order valence-electron chi connectivity index (χ0n) is 16.9. The first kappa shape index (κ1) is 20.3. The molecule has 1 aromatic heterocycles. The minimum atomic E-state index is -0.197. The molecule has 0 radical (unpaired) electrons. The monoisotopic (exact) mass is 381 g/mol. The van der Waals surface area contributed by atoms with Gasteiger partial charge in [0.1, 0.15) is 5.69 Å². The number of carbonyl (C=O) groups excluding carboxylic acids is 1. The Labute approximate surface area is 167 Å². The number of piperidine rings is 1. The lowest BCUT2D eigenvalue weighted by atomic mass is 10.0. The number of aromatic nitrogens is 2. The molecule has 2 aromatic rings. The third kappa shape index (κ3) is 5.52. The van der Waals surface area contributed by atoms with E-state index in [1.807, 2.05) is 6.07 Å². The molecule has 0 saturated carbocycles. The number of benzene rings is 1. The molecular formula is C22H31N5O. The quantitative estimate of drug-likeness (QED) is 0.769. The summed E-state index contributed by atoms with van der Waals surface area (Å²) < 4.78 is 0. The minimum absolute atomic E-state index is 0.152. The van der Waals surface area contributed by atoms with E-state index in [1.165, 1.54) is 24.8 Å². The Kier molecular flexibility index (Phi) is 6.98. The Morgan fingerprint density at radius 3 is 2.54 bits per heavy atom. The number of nitrogens with one attached hydrogen (secondary N) is 1. The van der Waals surface area contributed by atoms with Crippen LogP contribution < -0.4 is 11.1 Å². The highest BCUT2D eigenvalue weighted by molar-refractivity contribution is 5.92. The largest absolute Gasteiger partial charge is 0.368 e. The maximum atomic E-state index is 12.8. The number of rotatable bonds is 7. The summed E-state index contributed by atoms with van der Waals surface area (Å²) in [5.41, 5.74) is 8.21. The summed E-state index contributed by atoms with van der Waals surface area (Å²) in [5, 5.41) is 3.08. The standard InChI is InChI=1S/C22H31N5O/c1-16(2)13-18-14-19(26-22(23)25-18)21(28)24-15-20(17-9-5-3-6-10-17)27-11-7-4-8-12-27/h3,5-6,9-10,14,16,20H,4,7-8,11-13,15H2,1-2H3,(H,24,28)(H2,23,25,26)/t20-/m0/s1. The van der Waals surface area contributed by atoms with E-state index < -0.39 is 0 Å². The number of nitrogens with two attached hydrogens (primary N) is 1. The van der Waals surface area contributed by atoms with Crippen LogP contribution in [0.5, 0.6) is 0 Å². The normalized spacial score (nSPS) is 16.1. The lowest BCUT2D eigenvalue weighted by Crippen LogP contribution is -2.40. The van der Waals surface area contributed by atoms with Crippen molar-refractivity contribution in [3.05, 3.63) is 53.3 Å². The van der Waals surface area contributed by atoms with Gasteiger partial charge in [-0.2, -0.15) is 0 Å². The molecule has 1 saturated heterocycles. The molecule has 1 aliphatic heterocycles. The average Bonchev–Trinajstić information content (AvgIpc) is 2.68. The van der Waals surface area contributed by atoms with Gasteiger partial charge in [0.25, 0.3) is 5.91 Å². The van der Waals surface area contributed by atoms with E-state index in [-0.39, 0.29) is 17.9 Å². The summed E-state index contributed by atoms with van der Waals surface area (Å²) in [7, 11) is 0. The summed E-state index contributed by atoms with van der Waals surface area (Å²) in [6.45, 7) is 6.90. The number of amides is 1. The Balaban J connectivity index is 1.72. The highest BCUT2D eigenvalue weighted by Gasteiger charge is 2.23. The highest BCUT2D eigenvalue weighted by atomic mass is 16.1. The van der Waals surface area contributed by atoms with E-state index in [2.05, 4.69) is 58.3 Å². The highest BCUT2D eigenvalue weighted by Crippen LogP contribution is 2.24. The van der Waals surface area contributed by atoms with Gasteiger partial charge in [0, 0.05) is 12.2 Å². The molecule has 0 unspecified atom stereocenters. The average molecular weight is 382 g/mol. The van der Waals surface area contributed by atoms with Crippen molar-refractivity contribution in [1.82, 2.24) is 20.2 Å². The van der Waals surface area contributed by atoms with Gasteiger partial charge in [0.2, 0.25) is 5.95 Å². The van der Waals surface area contributed by atoms with Crippen LogP contribution in [0.15, 0.2) is 36.4 Å². The Hall–Kier alpha value is -2.47. The van der Waals surface area contributed by atoms with Gasteiger partial charge in [-0.1, -0.05) is 50.6 Å². The van der Waals surface area contributed by atoms with Crippen LogP contribution in [0.4, 0.5) is 5.95 Å². The SMILES string of the molecule is CC(C)Cc1cc(C(=O)NC[C@@H](c2ccccc2)N2CCCCC2)nc(N)n1. The van der Waals surface area contributed by atoms with Gasteiger partial charge in [-0.25, -0.2) is 9.97 Å². The molecule has 0 spiro atoms. The third-order valence-corrected chi connectivity index (χ3v) is 5.12. The van der Waals surface area contributed by atoms with Crippen molar-refractivity contribution in [3.63, 3.8) is 0 Å². The fraction of sp³-hybridized carbons (Fsp3) is 0.500. The lowest BCUT2D eigenvalue weighted by molar-refractivity contribution is 0.0919. The smallest absolute Gasteiger partial charge is 0.270 e. The fourth-order valence-electron chi connectivity index (χ4n) is 3.80. The molecule has 6 heteroatoms. The molecule has 1 aliphatic rings. The maximum Gasteiger partial charge on any atom is 0.270 e. The number of carbonyl (C=O) groups is 1. The molecule has 0 aliphatic carbocycles. The molecule has 1 amide bonds. The molecule has 1 aromatic carbocycles. The van der Waals surface area contributed by atoms with Crippen LogP contribution in [0.2, 0.25) is 0 Å². The van der Waals surface area contributed by atoms with Crippen LogP contribution in [0.3, 0.4) is 0 Å². The first-order valence-electron chi connectivity index (χ1n) is 10.2. The van der Waals surface area contributed by atoms with Gasteiger partial charge in [-0.05, 0) is 49.9 Å². The second-order valence-electron chi connectivity index (χ2n) is 7.93. The molecule has 1 fully saturated rings. The maximum absolute atomic E-state index is 12.8. The van der Waals surface area contributed by atoms with E-state index in [0.717, 1.165) is 25.2 Å². The first-order valence-corrected chi connectivity index (χ1v) is 10.2. The van der Waals surface area contributed by atoms with E-state index in [1.54, 1.807) is 6.07 Å². The lowest BCUT2D eigenvalue weighted by Gasteiger charge is -2.35. The van der Waals surface area contributed by atoms with Gasteiger partial charge in [0.05, 0.1) is 6.04 Å². The molecule has 28 heavy (non-hydrogen) atoms.